The van der Waals surface area contributed by atoms with Crippen molar-refractivity contribution in [1.82, 2.24) is 4.90 Å². The van der Waals surface area contributed by atoms with Gasteiger partial charge < -0.3 is 10.2 Å². The van der Waals surface area contributed by atoms with Crippen molar-refractivity contribution in [2.45, 2.75) is 19.0 Å². The maximum Gasteiger partial charge on any atom is 0.418 e. The molecule has 1 saturated heterocycles. The van der Waals surface area contributed by atoms with Gasteiger partial charge >= 0.3 is 12.2 Å². The van der Waals surface area contributed by atoms with Gasteiger partial charge in [-0.15, -0.1) is 0 Å². The minimum absolute atomic E-state index is 0.153. The number of amides is 2. The molecule has 1 aliphatic rings. The fourth-order valence-corrected chi connectivity index (χ4v) is 2.89. The van der Waals surface area contributed by atoms with Crippen molar-refractivity contribution >= 4 is 39.2 Å². The van der Waals surface area contributed by atoms with E-state index in [4.69, 9.17) is 11.6 Å². The van der Waals surface area contributed by atoms with Crippen molar-refractivity contribution in [3.05, 3.63) is 27.2 Å². The molecule has 1 aromatic carbocycles. The molecule has 0 bridgehead atoms. The molecular formula is C12H11BrClF3N2O. The molecule has 2 rings (SSSR count). The first-order chi connectivity index (χ1) is 9.29. The van der Waals surface area contributed by atoms with E-state index in [-0.39, 0.29) is 9.50 Å². The molecule has 1 aromatic rings. The predicted octanol–water partition coefficient (Wildman–Crippen LogP) is 4.75. The third-order valence-corrected chi connectivity index (χ3v) is 3.74. The zero-order valence-electron chi connectivity index (χ0n) is 10.2. The Labute approximate surface area is 127 Å². The van der Waals surface area contributed by atoms with E-state index in [9.17, 15) is 18.0 Å². The fourth-order valence-electron chi connectivity index (χ4n) is 2.03. The lowest BCUT2D eigenvalue weighted by Gasteiger charge is -2.20. The lowest BCUT2D eigenvalue weighted by atomic mass is 10.1. The summed E-state index contributed by atoms with van der Waals surface area (Å²) in [5.74, 6) is 0. The summed E-state index contributed by atoms with van der Waals surface area (Å²) in [5, 5.41) is 2.12. The van der Waals surface area contributed by atoms with Crippen LogP contribution in [0.3, 0.4) is 0 Å². The van der Waals surface area contributed by atoms with Crippen molar-refractivity contribution in [3.63, 3.8) is 0 Å². The molecule has 0 radical (unpaired) electrons. The zero-order chi connectivity index (χ0) is 14.9. The Hall–Kier alpha value is -0.950. The quantitative estimate of drug-likeness (QED) is 0.759. The van der Waals surface area contributed by atoms with Crippen molar-refractivity contribution in [1.29, 1.82) is 0 Å². The van der Waals surface area contributed by atoms with Gasteiger partial charge in [0.15, 0.2) is 0 Å². The molecule has 0 saturated carbocycles. The van der Waals surface area contributed by atoms with Crippen LogP contribution < -0.4 is 5.32 Å². The van der Waals surface area contributed by atoms with Crippen molar-refractivity contribution in [2.75, 3.05) is 18.4 Å². The third-order valence-electron chi connectivity index (χ3n) is 2.99. The predicted molar refractivity (Wildman–Crippen MR) is 74.0 cm³/mol. The number of halogens is 5. The van der Waals surface area contributed by atoms with Crippen LogP contribution in [-0.4, -0.2) is 24.0 Å². The van der Waals surface area contributed by atoms with Crippen molar-refractivity contribution in [2.24, 2.45) is 0 Å². The van der Waals surface area contributed by atoms with Gasteiger partial charge in [0.2, 0.25) is 0 Å². The molecule has 1 aliphatic heterocycles. The van der Waals surface area contributed by atoms with E-state index in [0.717, 1.165) is 18.9 Å². The molecule has 1 fully saturated rings. The molecule has 20 heavy (non-hydrogen) atoms. The number of carbonyl (C=O) groups is 1. The van der Waals surface area contributed by atoms with Crippen molar-refractivity contribution in [3.8, 4) is 0 Å². The van der Waals surface area contributed by atoms with Crippen LogP contribution in [0.5, 0.6) is 0 Å². The van der Waals surface area contributed by atoms with Crippen LogP contribution in [0.1, 0.15) is 18.4 Å². The van der Waals surface area contributed by atoms with Gasteiger partial charge in [-0.25, -0.2) is 4.79 Å². The van der Waals surface area contributed by atoms with Crippen molar-refractivity contribution < 1.29 is 18.0 Å². The summed E-state index contributed by atoms with van der Waals surface area (Å²) < 4.78 is 39.2. The molecule has 0 aliphatic carbocycles. The molecule has 8 heteroatoms. The summed E-state index contributed by atoms with van der Waals surface area (Å²) in [4.78, 5) is 13.4. The molecular weight excluding hydrogens is 360 g/mol. The monoisotopic (exact) mass is 370 g/mol. The Morgan fingerprint density at radius 2 is 1.90 bits per heavy atom. The summed E-state index contributed by atoms with van der Waals surface area (Å²) in [6.07, 6.45) is -2.89. The van der Waals surface area contributed by atoms with Gasteiger partial charge in [0.25, 0.3) is 0 Å². The minimum atomic E-state index is -4.60. The van der Waals surface area contributed by atoms with Crippen LogP contribution in [-0.2, 0) is 6.18 Å². The van der Waals surface area contributed by atoms with Gasteiger partial charge in [-0.2, -0.15) is 13.2 Å². The highest BCUT2D eigenvalue weighted by Crippen LogP contribution is 2.40. The zero-order valence-corrected chi connectivity index (χ0v) is 12.6. The normalized spacial score (nSPS) is 15.6. The number of hydrogen-bond donors (Lipinski definition) is 1. The second-order valence-corrected chi connectivity index (χ2v) is 5.76. The number of nitrogens with one attached hydrogen (secondary N) is 1. The lowest BCUT2D eigenvalue weighted by Crippen LogP contribution is -2.33. The summed E-state index contributed by atoms with van der Waals surface area (Å²) in [6, 6.07) is 1.65. The highest BCUT2D eigenvalue weighted by atomic mass is 79.9. The fraction of sp³-hybridized carbons (Fsp3) is 0.417. The van der Waals surface area contributed by atoms with Gasteiger partial charge in [-0.3, -0.25) is 0 Å². The molecule has 0 spiro atoms. The van der Waals surface area contributed by atoms with E-state index in [2.05, 4.69) is 21.2 Å². The van der Waals surface area contributed by atoms with Gasteiger partial charge in [-0.1, -0.05) is 27.5 Å². The molecule has 0 aromatic heterocycles. The SMILES string of the molecule is O=C(Nc1c(Cl)cc(Br)cc1C(F)(F)F)N1CCCC1. The second kappa shape index (κ2) is 5.81. The molecule has 0 atom stereocenters. The van der Waals surface area contributed by atoms with E-state index in [1.54, 1.807) is 0 Å². The number of nitrogens with zero attached hydrogens (tertiary/aromatic N) is 1. The molecule has 2 amide bonds. The van der Waals surface area contributed by atoms with E-state index < -0.39 is 23.5 Å². The summed E-state index contributed by atoms with van der Waals surface area (Å²) in [7, 11) is 0. The Morgan fingerprint density at radius 3 is 2.45 bits per heavy atom. The number of urea groups is 1. The van der Waals surface area contributed by atoms with Crippen LogP contribution in [0.2, 0.25) is 5.02 Å². The van der Waals surface area contributed by atoms with E-state index in [1.165, 1.54) is 11.0 Å². The number of benzene rings is 1. The number of likely N-dealkylation sites (tertiary alicyclic amines) is 1. The van der Waals surface area contributed by atoms with Gasteiger partial charge in [0.05, 0.1) is 16.3 Å². The van der Waals surface area contributed by atoms with Gasteiger partial charge in [-0.05, 0) is 25.0 Å². The second-order valence-electron chi connectivity index (χ2n) is 4.43. The topological polar surface area (TPSA) is 32.3 Å². The van der Waals surface area contributed by atoms with Crippen LogP contribution in [0, 0.1) is 0 Å². The molecule has 110 valence electrons. The third kappa shape index (κ3) is 3.38. The highest BCUT2D eigenvalue weighted by Gasteiger charge is 2.36. The first-order valence-corrected chi connectivity index (χ1v) is 7.08. The molecule has 1 N–H and O–H groups in total. The Bertz CT molecular complexity index is 530. The molecule has 1 heterocycles. The van der Waals surface area contributed by atoms with E-state index >= 15 is 0 Å². The van der Waals surface area contributed by atoms with Crippen LogP contribution >= 0.6 is 27.5 Å². The maximum absolute atomic E-state index is 13.0. The number of carbonyl (C=O) groups excluding carboxylic acids is 1. The first-order valence-electron chi connectivity index (χ1n) is 5.91. The number of rotatable bonds is 1. The highest BCUT2D eigenvalue weighted by molar-refractivity contribution is 9.10. The minimum Gasteiger partial charge on any atom is -0.325 e. The number of alkyl halides is 3. The number of hydrogen-bond acceptors (Lipinski definition) is 1. The lowest BCUT2D eigenvalue weighted by molar-refractivity contribution is -0.136. The maximum atomic E-state index is 13.0. The standard InChI is InChI=1S/C12H11BrClF3N2O/c13-7-5-8(12(15,16)17)10(9(14)6-7)18-11(20)19-3-1-2-4-19/h5-6H,1-4H2,(H,18,20). The van der Waals surface area contributed by atoms with E-state index in [0.29, 0.717) is 13.1 Å². The smallest absolute Gasteiger partial charge is 0.325 e. The Morgan fingerprint density at radius 1 is 1.30 bits per heavy atom. The average Bonchev–Trinajstić information content (AvgIpc) is 2.84. The Kier molecular flexibility index (Phi) is 4.49. The van der Waals surface area contributed by atoms with Gasteiger partial charge in [0.1, 0.15) is 0 Å². The average molecular weight is 372 g/mol. The summed E-state index contributed by atoms with van der Waals surface area (Å²) in [6.45, 7) is 1.09. The first kappa shape index (κ1) is 15.4. The summed E-state index contributed by atoms with van der Waals surface area (Å²) in [5.41, 5.74) is -1.37. The molecule has 0 unspecified atom stereocenters. The summed E-state index contributed by atoms with van der Waals surface area (Å²) >= 11 is 8.79. The number of anilines is 1. The largest absolute Gasteiger partial charge is 0.418 e. The van der Waals surface area contributed by atoms with Crippen LogP contribution in [0.15, 0.2) is 16.6 Å². The van der Waals surface area contributed by atoms with E-state index in [1.807, 2.05) is 0 Å². The van der Waals surface area contributed by atoms with Crippen LogP contribution in [0.4, 0.5) is 23.7 Å². The molecule has 3 nitrogen and oxygen atoms in total. The van der Waals surface area contributed by atoms with Gasteiger partial charge in [0, 0.05) is 17.6 Å². The Balaban J connectivity index is 2.32. The van der Waals surface area contributed by atoms with Crippen LogP contribution in [0.25, 0.3) is 0 Å².